The van der Waals surface area contributed by atoms with E-state index in [1.807, 2.05) is 0 Å². The van der Waals surface area contributed by atoms with Crippen LogP contribution in [-0.4, -0.2) is 107 Å². The van der Waals surface area contributed by atoms with Crippen LogP contribution in [0.2, 0.25) is 0 Å². The van der Waals surface area contributed by atoms with Crippen molar-refractivity contribution in [2.75, 3.05) is 0 Å². The van der Waals surface area contributed by atoms with Gasteiger partial charge in [0.15, 0.2) is 0 Å². The number of nitrogens with one attached hydrogen (secondary N) is 1. The van der Waals surface area contributed by atoms with E-state index in [9.17, 15) is 146 Å². The first-order chi connectivity index (χ1) is 26.7. The van der Waals surface area contributed by atoms with E-state index >= 15 is 0 Å². The molecule has 360 valence electrons. The summed E-state index contributed by atoms with van der Waals surface area (Å²) in [5, 5.41) is 1.25. The maximum absolute atomic E-state index is 14.5. The number of rotatable bonds is 18. The molecule has 0 aliphatic rings. The van der Waals surface area contributed by atoms with Gasteiger partial charge in [-0.05, 0) is 31.5 Å². The number of isocyanates is 1. The minimum Gasteiger partial charge on any atom is -0.349 e. The van der Waals surface area contributed by atoms with E-state index < -0.39 is 119 Å². The molecule has 4 nitrogen and oxygen atoms in total. The Morgan fingerprint density at radius 3 is 1.05 bits per heavy atom. The van der Waals surface area contributed by atoms with E-state index in [4.69, 9.17) is 0 Å². The number of nitrogens with zero attached hydrogens (tertiary/aromatic N) is 1. The highest BCUT2D eigenvalue weighted by Gasteiger charge is 3.01. The van der Waals surface area contributed by atoms with Gasteiger partial charge in [-0.1, -0.05) is 6.07 Å². The number of aliphatic imine (C=N–C) groups is 1. The number of hydrogen-bond donors (Lipinski definition) is 1. The third-order valence-electron chi connectivity index (χ3n) is 8.13. The zero-order chi connectivity index (χ0) is 50.3. The molecule has 0 fully saturated rings. The molecule has 62 heavy (non-hydrogen) atoms. The van der Waals surface area contributed by atoms with Crippen LogP contribution in [0.4, 0.5) is 142 Å². The van der Waals surface area contributed by atoms with E-state index in [1.165, 1.54) is 5.32 Å². The maximum atomic E-state index is 14.5. The lowest BCUT2D eigenvalue weighted by Crippen LogP contribution is -2.79. The maximum Gasteiger partial charge on any atom is 0.460 e. The summed E-state index contributed by atoms with van der Waals surface area (Å²) < 4.78 is 427. The van der Waals surface area contributed by atoms with Crippen LogP contribution < -0.4 is 5.32 Å². The van der Waals surface area contributed by atoms with Gasteiger partial charge < -0.3 is 5.32 Å². The van der Waals surface area contributed by atoms with Crippen molar-refractivity contribution < 1.29 is 146 Å². The fraction of sp³-hybridized carbons (Fsp3) is 0.704. The monoisotopic (exact) mass is 986 g/mol. The fourth-order valence-corrected chi connectivity index (χ4v) is 4.42. The standard InChI is InChI=1S/C27H13F31N2O2/c1-8-3-4-10(59-7-61)5-11(8)12(62)60-9(2)6-13(28,29)14(30,31)15(32,33)16(34,35)17(36,37)18(38,39)19(40,41)20(42,43)21(44,45)22(46,47)23(48,49)24(50,51)25(52,53)26(54,55)27(56,57)58/h3-5,9H,6H2,1-2H3,(H,60,62). The second kappa shape index (κ2) is 15.3. The smallest absolute Gasteiger partial charge is 0.349 e. The second-order valence-electron chi connectivity index (χ2n) is 12.5. The highest BCUT2D eigenvalue weighted by atomic mass is 19.4. The van der Waals surface area contributed by atoms with Gasteiger partial charge in [-0.15, -0.1) is 0 Å². The molecule has 1 N–H and O–H groups in total. The van der Waals surface area contributed by atoms with Crippen LogP contribution in [0, 0.1) is 6.92 Å². The summed E-state index contributed by atoms with van der Waals surface area (Å²) in [5.41, 5.74) is -1.47. The predicted octanol–water partition coefficient (Wildman–Crippen LogP) is 11.9. The Morgan fingerprint density at radius 2 is 0.774 bits per heavy atom. The SMILES string of the molecule is Cc1ccc(N=C=O)cc1C(=O)NC(C)CC(F)(F)C(F)(F)C(F)(F)C(F)(F)C(F)(F)C(F)(F)C(F)(F)C(F)(F)C(F)(F)C(F)(F)C(F)(F)C(F)(F)C(F)(F)C(F)(F)C(F)(F)F. The van der Waals surface area contributed by atoms with Crippen LogP contribution in [0.3, 0.4) is 0 Å². The summed E-state index contributed by atoms with van der Waals surface area (Å²) >= 11 is 0. The molecule has 0 aliphatic carbocycles. The van der Waals surface area contributed by atoms with Crippen molar-refractivity contribution >= 4 is 17.7 Å². The first kappa shape index (κ1) is 55.9. The average molecular weight is 986 g/mol. The molecule has 0 aliphatic heterocycles. The molecule has 1 aromatic carbocycles. The van der Waals surface area contributed by atoms with Crippen LogP contribution in [0.25, 0.3) is 0 Å². The van der Waals surface area contributed by atoms with Crippen molar-refractivity contribution in [3.05, 3.63) is 29.3 Å². The van der Waals surface area contributed by atoms with E-state index in [-0.39, 0.29) is 12.5 Å². The van der Waals surface area contributed by atoms with Crippen molar-refractivity contribution in [1.29, 1.82) is 0 Å². The number of halogens is 31. The van der Waals surface area contributed by atoms with Gasteiger partial charge in [0.2, 0.25) is 6.08 Å². The van der Waals surface area contributed by atoms with Gasteiger partial charge in [-0.25, -0.2) is 4.79 Å². The first-order valence-electron chi connectivity index (χ1n) is 14.6. The lowest BCUT2D eigenvalue weighted by atomic mass is 9.82. The number of alkyl halides is 31. The molecular weight excluding hydrogens is 973 g/mol. The molecule has 0 saturated carbocycles. The average Bonchev–Trinajstić information content (AvgIpc) is 3.07. The zero-order valence-corrected chi connectivity index (χ0v) is 28.5. The zero-order valence-electron chi connectivity index (χ0n) is 28.5. The molecule has 1 aromatic rings. The molecule has 35 heteroatoms. The molecule has 1 unspecified atom stereocenters. The Labute approximate surface area is 319 Å². The van der Waals surface area contributed by atoms with Crippen LogP contribution in [0.15, 0.2) is 23.2 Å². The Bertz CT molecular complexity index is 1880. The summed E-state index contributed by atoms with van der Waals surface area (Å²) in [7, 11) is 0. The molecule has 1 atom stereocenters. The Morgan fingerprint density at radius 1 is 0.500 bits per heavy atom. The third-order valence-corrected chi connectivity index (χ3v) is 8.13. The van der Waals surface area contributed by atoms with E-state index in [1.54, 1.807) is 0 Å². The summed E-state index contributed by atoms with van der Waals surface area (Å²) in [6.07, 6.45) is -10.7. The molecule has 0 radical (unpaired) electrons. The molecule has 0 aromatic heterocycles. The topological polar surface area (TPSA) is 58.5 Å². The van der Waals surface area contributed by atoms with E-state index in [0.29, 0.717) is 6.07 Å². The summed E-state index contributed by atoms with van der Waals surface area (Å²) in [6, 6.07) is -0.383. The highest BCUT2D eigenvalue weighted by Crippen LogP contribution is 2.69. The molecule has 1 amide bonds. The Kier molecular flexibility index (Phi) is 13.8. The number of benzene rings is 1. The van der Waals surface area contributed by atoms with Gasteiger partial charge >= 0.3 is 89.1 Å². The van der Waals surface area contributed by atoms with Crippen LogP contribution in [0.5, 0.6) is 0 Å². The van der Waals surface area contributed by atoms with Crippen molar-refractivity contribution in [1.82, 2.24) is 5.32 Å². The fourth-order valence-electron chi connectivity index (χ4n) is 4.42. The van der Waals surface area contributed by atoms with Crippen LogP contribution >= 0.6 is 0 Å². The molecule has 0 saturated heterocycles. The Balaban J connectivity index is 3.84. The van der Waals surface area contributed by atoms with Gasteiger partial charge in [0, 0.05) is 18.0 Å². The third kappa shape index (κ3) is 7.40. The molecular formula is C27H13F31N2O2. The van der Waals surface area contributed by atoms with Gasteiger partial charge in [-0.3, -0.25) is 4.79 Å². The second-order valence-corrected chi connectivity index (χ2v) is 12.5. The number of aryl methyl sites for hydroxylation is 1. The number of carbonyl (C=O) groups is 1. The lowest BCUT2D eigenvalue weighted by molar-refractivity contribution is -0.489. The van der Waals surface area contributed by atoms with Crippen molar-refractivity contribution in [3.63, 3.8) is 0 Å². The van der Waals surface area contributed by atoms with Crippen molar-refractivity contribution in [3.8, 4) is 0 Å². The molecule has 0 bridgehead atoms. The van der Waals surface area contributed by atoms with Crippen molar-refractivity contribution in [2.45, 2.75) is 115 Å². The largest absolute Gasteiger partial charge is 0.460 e. The molecule has 1 rings (SSSR count). The van der Waals surface area contributed by atoms with Gasteiger partial charge in [0.25, 0.3) is 5.91 Å². The predicted molar refractivity (Wildman–Crippen MR) is 136 cm³/mol. The minimum atomic E-state index is -10.1. The quantitative estimate of drug-likeness (QED) is 0.0905. The van der Waals surface area contributed by atoms with Gasteiger partial charge in [-0.2, -0.15) is 141 Å². The number of hydrogen-bond acceptors (Lipinski definition) is 3. The number of carbonyl (C=O) groups excluding carboxylic acids is 2. The van der Waals surface area contributed by atoms with Crippen molar-refractivity contribution in [2.24, 2.45) is 4.99 Å². The molecule has 0 heterocycles. The summed E-state index contributed by atoms with van der Waals surface area (Å²) in [4.78, 5) is 25.7. The molecule has 0 spiro atoms. The van der Waals surface area contributed by atoms with E-state index in [2.05, 4.69) is 4.99 Å². The van der Waals surface area contributed by atoms with Gasteiger partial charge in [0.1, 0.15) is 0 Å². The van der Waals surface area contributed by atoms with Crippen LogP contribution in [-0.2, 0) is 4.79 Å². The number of amides is 1. The van der Waals surface area contributed by atoms with Crippen LogP contribution in [0.1, 0.15) is 29.3 Å². The van der Waals surface area contributed by atoms with E-state index in [0.717, 1.165) is 25.1 Å². The normalized spacial score (nSPS) is 16.2. The lowest BCUT2D eigenvalue weighted by Gasteiger charge is -2.46. The summed E-state index contributed by atoms with van der Waals surface area (Å²) in [5.74, 6) is -134. The minimum absolute atomic E-state index is 0.0602. The van der Waals surface area contributed by atoms with Gasteiger partial charge in [0.05, 0.1) is 5.69 Å². The highest BCUT2D eigenvalue weighted by molar-refractivity contribution is 5.96. The Hall–Kier alpha value is -4.10. The summed E-state index contributed by atoms with van der Waals surface area (Å²) in [6.45, 7) is 1.06. The first-order valence-corrected chi connectivity index (χ1v) is 14.6.